The second-order valence-electron chi connectivity index (χ2n) is 3.95. The van der Waals surface area contributed by atoms with Gasteiger partial charge in [0.1, 0.15) is 5.75 Å². The van der Waals surface area contributed by atoms with Gasteiger partial charge in [0.25, 0.3) is 0 Å². The van der Waals surface area contributed by atoms with Crippen molar-refractivity contribution in [2.45, 2.75) is 25.2 Å². The summed E-state index contributed by atoms with van der Waals surface area (Å²) in [5.74, 6) is 0.104. The molecule has 0 amide bonds. The third-order valence-electron chi connectivity index (χ3n) is 2.63. The zero-order valence-electron chi connectivity index (χ0n) is 8.50. The molecule has 2 nitrogen and oxygen atoms in total. The molecule has 1 aromatic carbocycles. The van der Waals surface area contributed by atoms with Crippen LogP contribution in [0.25, 0.3) is 0 Å². The van der Waals surface area contributed by atoms with Gasteiger partial charge >= 0.3 is 6.36 Å². The van der Waals surface area contributed by atoms with Crippen molar-refractivity contribution in [3.8, 4) is 5.75 Å². The van der Waals surface area contributed by atoms with E-state index in [1.807, 2.05) is 0 Å². The Balaban J connectivity index is 2.22. The van der Waals surface area contributed by atoms with Gasteiger partial charge < -0.3 is 10.5 Å². The van der Waals surface area contributed by atoms with Crippen LogP contribution in [0.5, 0.6) is 5.75 Å². The monoisotopic (exact) mass is 231 g/mol. The Bertz CT molecular complexity index is 374. The molecule has 1 aliphatic rings. The smallest absolute Gasteiger partial charge is 0.405 e. The van der Waals surface area contributed by atoms with Crippen LogP contribution in [0.2, 0.25) is 0 Å². The van der Waals surface area contributed by atoms with E-state index in [-0.39, 0.29) is 17.7 Å². The fourth-order valence-corrected chi connectivity index (χ4v) is 1.68. The lowest BCUT2D eigenvalue weighted by atomic mass is 10.0. The molecule has 1 saturated carbocycles. The summed E-state index contributed by atoms with van der Waals surface area (Å²) in [6.45, 7) is 0. The fraction of sp³-hybridized carbons (Fsp3) is 0.455. The zero-order valence-corrected chi connectivity index (χ0v) is 8.50. The van der Waals surface area contributed by atoms with Crippen LogP contribution in [-0.4, -0.2) is 6.36 Å². The highest BCUT2D eigenvalue weighted by molar-refractivity contribution is 5.36. The van der Waals surface area contributed by atoms with Crippen molar-refractivity contribution in [3.63, 3.8) is 0 Å². The second-order valence-corrected chi connectivity index (χ2v) is 3.95. The lowest BCUT2D eigenvalue weighted by Crippen LogP contribution is -2.20. The van der Waals surface area contributed by atoms with Gasteiger partial charge in [-0.2, -0.15) is 0 Å². The molecule has 16 heavy (non-hydrogen) atoms. The Kier molecular flexibility index (Phi) is 2.80. The first-order chi connectivity index (χ1) is 7.47. The third kappa shape index (κ3) is 2.66. The van der Waals surface area contributed by atoms with Gasteiger partial charge in [-0.1, -0.05) is 18.2 Å². The van der Waals surface area contributed by atoms with E-state index in [9.17, 15) is 13.2 Å². The first-order valence-electron chi connectivity index (χ1n) is 5.07. The number of rotatable bonds is 3. The molecule has 5 heteroatoms. The van der Waals surface area contributed by atoms with E-state index in [1.165, 1.54) is 12.1 Å². The number of ether oxygens (including phenoxy) is 1. The van der Waals surface area contributed by atoms with Crippen LogP contribution in [0, 0.1) is 5.92 Å². The number of benzene rings is 1. The molecule has 0 aliphatic heterocycles. The molecule has 2 rings (SSSR count). The van der Waals surface area contributed by atoms with Gasteiger partial charge in [-0.25, -0.2) is 0 Å². The van der Waals surface area contributed by atoms with E-state index in [0.29, 0.717) is 5.56 Å². The van der Waals surface area contributed by atoms with E-state index in [0.717, 1.165) is 12.8 Å². The van der Waals surface area contributed by atoms with E-state index in [1.54, 1.807) is 12.1 Å². The van der Waals surface area contributed by atoms with Gasteiger partial charge in [0.15, 0.2) is 0 Å². The molecule has 0 radical (unpaired) electrons. The number of halogens is 3. The predicted molar refractivity (Wildman–Crippen MR) is 52.8 cm³/mol. The molecule has 0 aromatic heterocycles. The minimum atomic E-state index is -4.67. The summed E-state index contributed by atoms with van der Waals surface area (Å²) in [7, 11) is 0. The fourth-order valence-electron chi connectivity index (χ4n) is 1.68. The van der Waals surface area contributed by atoms with Crippen LogP contribution >= 0.6 is 0 Å². The molecule has 2 N–H and O–H groups in total. The Hall–Kier alpha value is -1.23. The number of nitrogens with two attached hydrogens (primary N) is 1. The summed E-state index contributed by atoms with van der Waals surface area (Å²) in [5.41, 5.74) is 6.31. The topological polar surface area (TPSA) is 35.2 Å². The summed E-state index contributed by atoms with van der Waals surface area (Å²) in [4.78, 5) is 0. The molecule has 0 unspecified atom stereocenters. The summed E-state index contributed by atoms with van der Waals surface area (Å²) in [5, 5.41) is 0. The predicted octanol–water partition coefficient (Wildman–Crippen LogP) is 3.00. The van der Waals surface area contributed by atoms with E-state index < -0.39 is 6.36 Å². The number of para-hydroxylation sites is 1. The minimum absolute atomic E-state index is 0.186. The standard InChI is InChI=1S/C11H12F3NO/c12-11(13,14)16-9-4-2-1-3-8(9)10(15)7-5-6-7/h1-4,7,10H,5-6,15H2/t10-/m1/s1. The van der Waals surface area contributed by atoms with Crippen LogP contribution in [0.4, 0.5) is 13.2 Å². The molecule has 88 valence electrons. The number of alkyl halides is 3. The summed E-state index contributed by atoms with van der Waals surface area (Å²) in [6, 6.07) is 5.69. The summed E-state index contributed by atoms with van der Waals surface area (Å²) < 4.78 is 40.4. The van der Waals surface area contributed by atoms with Gasteiger partial charge in [0.05, 0.1) is 0 Å². The third-order valence-corrected chi connectivity index (χ3v) is 2.63. The Morgan fingerprint density at radius 1 is 1.25 bits per heavy atom. The van der Waals surface area contributed by atoms with Gasteiger partial charge in [0.2, 0.25) is 0 Å². The molecule has 1 aliphatic carbocycles. The Morgan fingerprint density at radius 3 is 2.44 bits per heavy atom. The van der Waals surface area contributed by atoms with Crippen molar-refractivity contribution >= 4 is 0 Å². The molecule has 0 spiro atoms. The maximum absolute atomic E-state index is 12.1. The highest BCUT2D eigenvalue weighted by Gasteiger charge is 2.35. The van der Waals surface area contributed by atoms with Crippen molar-refractivity contribution in [2.75, 3.05) is 0 Å². The van der Waals surface area contributed by atoms with E-state index in [2.05, 4.69) is 4.74 Å². The normalized spacial score (nSPS) is 18.2. The van der Waals surface area contributed by atoms with Crippen LogP contribution in [0.15, 0.2) is 24.3 Å². The lowest BCUT2D eigenvalue weighted by Gasteiger charge is -2.17. The van der Waals surface area contributed by atoms with Crippen molar-refractivity contribution < 1.29 is 17.9 Å². The quantitative estimate of drug-likeness (QED) is 0.867. The lowest BCUT2D eigenvalue weighted by molar-refractivity contribution is -0.275. The average Bonchev–Trinajstić information content (AvgIpc) is 2.98. The summed E-state index contributed by atoms with van der Waals surface area (Å²) in [6.07, 6.45) is -2.72. The van der Waals surface area contributed by atoms with Crippen molar-refractivity contribution in [3.05, 3.63) is 29.8 Å². The van der Waals surface area contributed by atoms with Crippen LogP contribution < -0.4 is 10.5 Å². The SMILES string of the molecule is N[C@@H](c1ccccc1OC(F)(F)F)C1CC1. The van der Waals surface area contributed by atoms with Crippen LogP contribution in [-0.2, 0) is 0 Å². The molecule has 1 atom stereocenters. The average molecular weight is 231 g/mol. The zero-order chi connectivity index (χ0) is 11.8. The van der Waals surface area contributed by atoms with E-state index >= 15 is 0 Å². The highest BCUT2D eigenvalue weighted by Crippen LogP contribution is 2.42. The first-order valence-corrected chi connectivity index (χ1v) is 5.07. The molecule has 0 saturated heterocycles. The van der Waals surface area contributed by atoms with Crippen molar-refractivity contribution in [2.24, 2.45) is 11.7 Å². The van der Waals surface area contributed by atoms with Gasteiger partial charge in [-0.3, -0.25) is 0 Å². The summed E-state index contributed by atoms with van der Waals surface area (Å²) >= 11 is 0. The largest absolute Gasteiger partial charge is 0.573 e. The van der Waals surface area contributed by atoms with Gasteiger partial charge in [0, 0.05) is 11.6 Å². The van der Waals surface area contributed by atoms with Crippen LogP contribution in [0.1, 0.15) is 24.4 Å². The van der Waals surface area contributed by atoms with Crippen LogP contribution in [0.3, 0.4) is 0 Å². The Morgan fingerprint density at radius 2 is 1.88 bits per heavy atom. The van der Waals surface area contributed by atoms with Crippen molar-refractivity contribution in [1.29, 1.82) is 0 Å². The van der Waals surface area contributed by atoms with Gasteiger partial charge in [-0.15, -0.1) is 13.2 Å². The highest BCUT2D eigenvalue weighted by atomic mass is 19.4. The maximum atomic E-state index is 12.1. The second kappa shape index (κ2) is 3.97. The number of hydrogen-bond donors (Lipinski definition) is 1. The van der Waals surface area contributed by atoms with E-state index in [4.69, 9.17) is 5.73 Å². The molecule has 1 fully saturated rings. The molecule has 0 heterocycles. The minimum Gasteiger partial charge on any atom is -0.405 e. The van der Waals surface area contributed by atoms with Gasteiger partial charge in [-0.05, 0) is 24.8 Å². The Labute approximate surface area is 91.2 Å². The molecule has 0 bridgehead atoms. The molecular formula is C11H12F3NO. The van der Waals surface area contributed by atoms with Crippen molar-refractivity contribution in [1.82, 2.24) is 0 Å². The first kappa shape index (κ1) is 11.3. The number of hydrogen-bond acceptors (Lipinski definition) is 2. The molecule has 1 aromatic rings. The molecular weight excluding hydrogens is 219 g/mol. The maximum Gasteiger partial charge on any atom is 0.573 e.